The maximum absolute atomic E-state index is 12.9. The zero-order valence-corrected chi connectivity index (χ0v) is 8.96. The molecule has 0 saturated heterocycles. The highest BCUT2D eigenvalue weighted by Gasteiger charge is 2.45. The average molecular weight is 230 g/mol. The minimum atomic E-state index is -3.62. The van der Waals surface area contributed by atoms with E-state index in [0.717, 1.165) is 0 Å². The summed E-state index contributed by atoms with van der Waals surface area (Å²) < 4.78 is 34.6. The summed E-state index contributed by atoms with van der Waals surface area (Å²) in [5.74, 6) is 0.00979. The van der Waals surface area contributed by atoms with Crippen LogP contribution in [-0.2, 0) is 5.41 Å². The number of hydrogen-bond acceptors (Lipinski definition) is 3. The Labute approximate surface area is 91.6 Å². The van der Waals surface area contributed by atoms with Crippen LogP contribution in [0.15, 0.2) is 18.2 Å². The second-order valence-corrected chi connectivity index (χ2v) is 4.34. The maximum Gasteiger partial charge on any atom is 0.586 e. The van der Waals surface area contributed by atoms with E-state index >= 15 is 0 Å². The third kappa shape index (κ3) is 1.71. The topological polar surface area (TPSA) is 38.7 Å². The molecule has 0 saturated carbocycles. The average Bonchev–Trinajstić information content (AvgIpc) is 2.50. The molecule has 1 heterocycles. The fourth-order valence-corrected chi connectivity index (χ4v) is 1.59. The van der Waals surface area contributed by atoms with Crippen molar-refractivity contribution in [2.45, 2.75) is 25.6 Å². The van der Waals surface area contributed by atoms with E-state index in [2.05, 4.69) is 9.47 Å². The lowest BCUT2D eigenvalue weighted by Gasteiger charge is -2.23. The molecule has 1 aliphatic heterocycles. The molecule has 5 heteroatoms. The van der Waals surface area contributed by atoms with E-state index in [1.165, 1.54) is 6.07 Å². The van der Waals surface area contributed by atoms with E-state index in [1.54, 1.807) is 26.0 Å². The van der Waals surface area contributed by atoms with Gasteiger partial charge in [0.05, 0.1) is 6.61 Å². The summed E-state index contributed by atoms with van der Waals surface area (Å²) in [7, 11) is 0. The van der Waals surface area contributed by atoms with Crippen LogP contribution < -0.4 is 9.47 Å². The zero-order valence-electron chi connectivity index (χ0n) is 8.96. The second kappa shape index (κ2) is 3.31. The van der Waals surface area contributed by atoms with Gasteiger partial charge in [-0.05, 0) is 6.07 Å². The number of benzene rings is 1. The molecule has 1 aromatic rings. The minimum absolute atomic E-state index is 0.00373. The second-order valence-electron chi connectivity index (χ2n) is 4.34. The molecule has 3 nitrogen and oxygen atoms in total. The van der Waals surface area contributed by atoms with E-state index in [9.17, 15) is 13.9 Å². The van der Waals surface area contributed by atoms with Gasteiger partial charge in [-0.3, -0.25) is 0 Å². The van der Waals surface area contributed by atoms with Gasteiger partial charge in [-0.15, -0.1) is 8.78 Å². The Bertz CT molecular complexity index is 416. The molecule has 0 amide bonds. The zero-order chi connectivity index (χ0) is 12.0. The van der Waals surface area contributed by atoms with Crippen molar-refractivity contribution >= 4 is 0 Å². The molecule has 1 aromatic carbocycles. The van der Waals surface area contributed by atoms with E-state index in [-0.39, 0.29) is 18.1 Å². The lowest BCUT2D eigenvalue weighted by Crippen LogP contribution is -2.27. The van der Waals surface area contributed by atoms with Crippen molar-refractivity contribution in [1.29, 1.82) is 0 Å². The first-order chi connectivity index (χ1) is 7.36. The van der Waals surface area contributed by atoms with Crippen molar-refractivity contribution in [1.82, 2.24) is 0 Å². The number of para-hydroxylation sites is 1. The van der Waals surface area contributed by atoms with Crippen LogP contribution in [0.2, 0.25) is 0 Å². The largest absolute Gasteiger partial charge is 0.586 e. The van der Waals surface area contributed by atoms with Crippen molar-refractivity contribution in [3.05, 3.63) is 23.8 Å². The fraction of sp³-hybridized carbons (Fsp3) is 0.455. The molecule has 0 aromatic heterocycles. The molecule has 2 rings (SSSR count). The molecular weight excluding hydrogens is 218 g/mol. The SMILES string of the molecule is CC(C)(CO)c1cccc2c1OC(F)(F)O2. The number of hydrogen-bond donors (Lipinski definition) is 1. The molecule has 0 bridgehead atoms. The Hall–Kier alpha value is -1.36. The van der Waals surface area contributed by atoms with Crippen LogP contribution in [0.25, 0.3) is 0 Å². The number of rotatable bonds is 2. The van der Waals surface area contributed by atoms with Crippen LogP contribution in [0.1, 0.15) is 19.4 Å². The highest BCUT2D eigenvalue weighted by Crippen LogP contribution is 2.46. The van der Waals surface area contributed by atoms with Gasteiger partial charge in [-0.1, -0.05) is 26.0 Å². The number of alkyl halides is 2. The molecule has 1 aliphatic rings. The van der Waals surface area contributed by atoms with Crippen LogP contribution in [-0.4, -0.2) is 18.0 Å². The molecular formula is C11H12F2O3. The highest BCUT2D eigenvalue weighted by molar-refractivity contribution is 5.51. The van der Waals surface area contributed by atoms with Crippen LogP contribution in [0.3, 0.4) is 0 Å². The molecule has 0 fully saturated rings. The predicted molar refractivity (Wildman–Crippen MR) is 52.8 cm³/mol. The fourth-order valence-electron chi connectivity index (χ4n) is 1.59. The normalized spacial score (nSPS) is 17.6. The third-order valence-corrected chi connectivity index (χ3v) is 2.55. The maximum atomic E-state index is 12.9. The molecule has 0 unspecified atom stereocenters. The van der Waals surface area contributed by atoms with Crippen LogP contribution in [0, 0.1) is 0 Å². The molecule has 16 heavy (non-hydrogen) atoms. The molecule has 0 atom stereocenters. The van der Waals surface area contributed by atoms with Crippen molar-refractivity contribution in [2.24, 2.45) is 0 Å². The van der Waals surface area contributed by atoms with E-state index < -0.39 is 11.7 Å². The van der Waals surface area contributed by atoms with Gasteiger partial charge in [0.15, 0.2) is 11.5 Å². The van der Waals surface area contributed by atoms with Crippen LogP contribution >= 0.6 is 0 Å². The lowest BCUT2D eigenvalue weighted by atomic mass is 9.85. The molecule has 88 valence electrons. The number of aliphatic hydroxyl groups is 1. The summed E-state index contributed by atoms with van der Waals surface area (Å²) in [6, 6.07) is 4.64. The van der Waals surface area contributed by atoms with Crippen molar-refractivity contribution in [2.75, 3.05) is 6.61 Å². The predicted octanol–water partition coefficient (Wildman–Crippen LogP) is 2.28. The number of ether oxygens (including phenoxy) is 2. The molecule has 0 radical (unpaired) electrons. The van der Waals surface area contributed by atoms with Crippen molar-refractivity contribution in [3.63, 3.8) is 0 Å². The summed E-state index contributed by atoms with van der Waals surface area (Å²) in [5.41, 5.74) is -0.153. The molecule has 1 N–H and O–H groups in total. The number of halogens is 2. The third-order valence-electron chi connectivity index (χ3n) is 2.55. The Morgan fingerprint density at radius 2 is 2.00 bits per heavy atom. The summed E-state index contributed by atoms with van der Waals surface area (Å²) in [6.45, 7) is 3.31. The molecule has 0 spiro atoms. The highest BCUT2D eigenvalue weighted by atomic mass is 19.3. The number of fused-ring (bicyclic) bond motifs is 1. The van der Waals surface area contributed by atoms with Gasteiger partial charge in [0, 0.05) is 11.0 Å². The Morgan fingerprint density at radius 3 is 2.62 bits per heavy atom. The van der Waals surface area contributed by atoms with Crippen molar-refractivity contribution in [3.8, 4) is 11.5 Å². The first-order valence-corrected chi connectivity index (χ1v) is 4.86. The van der Waals surface area contributed by atoms with Crippen LogP contribution in [0.5, 0.6) is 11.5 Å². The van der Waals surface area contributed by atoms with Gasteiger partial charge in [0.2, 0.25) is 0 Å². The van der Waals surface area contributed by atoms with Gasteiger partial charge in [-0.25, -0.2) is 0 Å². The Balaban J connectivity index is 2.49. The monoisotopic (exact) mass is 230 g/mol. The lowest BCUT2D eigenvalue weighted by molar-refractivity contribution is -0.287. The number of aliphatic hydroxyl groups excluding tert-OH is 1. The first kappa shape index (κ1) is 11.1. The van der Waals surface area contributed by atoms with E-state index in [1.807, 2.05) is 0 Å². The van der Waals surface area contributed by atoms with Gasteiger partial charge >= 0.3 is 6.29 Å². The Kier molecular flexibility index (Phi) is 2.31. The smallest absolute Gasteiger partial charge is 0.395 e. The van der Waals surface area contributed by atoms with Gasteiger partial charge < -0.3 is 14.6 Å². The van der Waals surface area contributed by atoms with Crippen LogP contribution in [0.4, 0.5) is 8.78 Å². The molecule has 0 aliphatic carbocycles. The minimum Gasteiger partial charge on any atom is -0.395 e. The summed E-state index contributed by atoms with van der Waals surface area (Å²) in [5, 5.41) is 9.22. The van der Waals surface area contributed by atoms with Gasteiger partial charge in [0.1, 0.15) is 0 Å². The Morgan fingerprint density at radius 1 is 1.31 bits per heavy atom. The van der Waals surface area contributed by atoms with Crippen molar-refractivity contribution < 1.29 is 23.4 Å². The first-order valence-electron chi connectivity index (χ1n) is 4.86. The summed E-state index contributed by atoms with van der Waals surface area (Å²) in [4.78, 5) is 0. The van der Waals surface area contributed by atoms with E-state index in [4.69, 9.17) is 0 Å². The summed E-state index contributed by atoms with van der Waals surface area (Å²) in [6.07, 6.45) is -3.62. The van der Waals surface area contributed by atoms with Gasteiger partial charge in [-0.2, -0.15) is 0 Å². The standard InChI is InChI=1S/C11H12F2O3/c1-10(2,6-14)7-4-3-5-8-9(7)16-11(12,13)15-8/h3-5,14H,6H2,1-2H3. The summed E-state index contributed by atoms with van der Waals surface area (Å²) >= 11 is 0. The quantitative estimate of drug-likeness (QED) is 0.847. The van der Waals surface area contributed by atoms with E-state index in [0.29, 0.717) is 5.56 Å². The van der Waals surface area contributed by atoms with Gasteiger partial charge in [0.25, 0.3) is 0 Å².